The molecular formula is C29H45N3O6. The number of hydrogen-bond acceptors (Lipinski definition) is 6. The van der Waals surface area contributed by atoms with E-state index in [1.54, 1.807) is 0 Å². The Morgan fingerprint density at radius 1 is 0.842 bits per heavy atom. The van der Waals surface area contributed by atoms with Crippen molar-refractivity contribution in [1.82, 2.24) is 16.0 Å². The summed E-state index contributed by atoms with van der Waals surface area (Å²) in [6.45, 7) is 6.58. The predicted octanol–water partition coefficient (Wildman–Crippen LogP) is 4.55. The average molecular weight is 532 g/mol. The number of carbonyl (C=O) groups is 4. The van der Waals surface area contributed by atoms with Gasteiger partial charge in [-0.1, -0.05) is 88.4 Å². The molecule has 212 valence electrons. The number of benzene rings is 1. The van der Waals surface area contributed by atoms with E-state index in [1.807, 2.05) is 30.3 Å². The van der Waals surface area contributed by atoms with E-state index in [2.05, 4.69) is 29.5 Å². The second kappa shape index (κ2) is 21.7. The Morgan fingerprint density at radius 3 is 2.24 bits per heavy atom. The van der Waals surface area contributed by atoms with Crippen LogP contribution in [0.5, 0.6) is 0 Å². The molecule has 1 aromatic rings. The molecule has 0 heterocycles. The van der Waals surface area contributed by atoms with Crippen LogP contribution in [0, 0.1) is 0 Å². The molecule has 0 radical (unpaired) electrons. The Hall–Kier alpha value is -3.36. The first-order chi connectivity index (χ1) is 18.5. The summed E-state index contributed by atoms with van der Waals surface area (Å²) in [5.74, 6) is -1.02. The topological polar surface area (TPSA) is 123 Å². The van der Waals surface area contributed by atoms with Gasteiger partial charge in [0.1, 0.15) is 19.3 Å². The third kappa shape index (κ3) is 17.2. The lowest BCUT2D eigenvalue weighted by molar-refractivity contribution is -0.149. The smallest absolute Gasteiger partial charge is 0.407 e. The quantitative estimate of drug-likeness (QED) is 0.121. The Balaban J connectivity index is 2.44. The number of unbranched alkanes of at least 4 members (excludes halogenated alkanes) is 6. The van der Waals surface area contributed by atoms with Crippen molar-refractivity contribution in [2.75, 3.05) is 19.7 Å². The zero-order valence-corrected chi connectivity index (χ0v) is 22.8. The third-order valence-corrected chi connectivity index (χ3v) is 5.79. The lowest BCUT2D eigenvalue weighted by atomic mass is 10.1. The molecule has 1 atom stereocenters. The van der Waals surface area contributed by atoms with Crippen LogP contribution in [0.4, 0.5) is 4.79 Å². The summed E-state index contributed by atoms with van der Waals surface area (Å²) in [6.07, 6.45) is 9.65. The van der Waals surface area contributed by atoms with Crippen molar-refractivity contribution >= 4 is 23.9 Å². The Morgan fingerprint density at radius 2 is 1.53 bits per heavy atom. The Labute approximate surface area is 227 Å². The molecule has 1 rings (SSSR count). The summed E-state index contributed by atoms with van der Waals surface area (Å²) >= 11 is 0. The van der Waals surface area contributed by atoms with E-state index in [1.165, 1.54) is 31.8 Å². The van der Waals surface area contributed by atoms with Gasteiger partial charge in [-0.15, -0.1) is 0 Å². The molecule has 0 aliphatic heterocycles. The van der Waals surface area contributed by atoms with Crippen molar-refractivity contribution in [3.05, 3.63) is 48.6 Å². The van der Waals surface area contributed by atoms with Crippen LogP contribution >= 0.6 is 0 Å². The van der Waals surface area contributed by atoms with E-state index in [9.17, 15) is 19.2 Å². The highest BCUT2D eigenvalue weighted by Crippen LogP contribution is 2.10. The molecule has 0 bridgehead atoms. The molecule has 0 aliphatic carbocycles. The minimum Gasteiger partial charge on any atom is -0.459 e. The van der Waals surface area contributed by atoms with Gasteiger partial charge in [0.15, 0.2) is 0 Å². The lowest BCUT2D eigenvalue weighted by Crippen LogP contribution is -2.42. The molecule has 0 saturated carbocycles. The number of esters is 1. The van der Waals surface area contributed by atoms with E-state index >= 15 is 0 Å². The third-order valence-electron chi connectivity index (χ3n) is 5.79. The number of amides is 3. The SMILES string of the molecule is C=CCOC(=O)NCCCNC(=O)CCC(NC(=O)CCCCCCCCC)C(=O)OCc1ccccc1. The van der Waals surface area contributed by atoms with Crippen molar-refractivity contribution in [3.63, 3.8) is 0 Å². The standard InChI is InChI=1S/C29H45N3O6/c1-3-5-6-7-8-9-13-17-27(34)32-25(28(35)38-23-24-15-11-10-12-16-24)18-19-26(33)30-20-14-21-31-29(36)37-22-4-2/h4,10-12,15-16,25H,2-3,5-9,13-14,17-23H2,1H3,(H,30,33)(H,31,36)(H,32,34). The molecule has 0 aromatic heterocycles. The highest BCUT2D eigenvalue weighted by molar-refractivity contribution is 5.85. The molecule has 0 saturated heterocycles. The minimum atomic E-state index is -0.900. The van der Waals surface area contributed by atoms with Crippen molar-refractivity contribution < 1.29 is 28.7 Å². The molecule has 38 heavy (non-hydrogen) atoms. The van der Waals surface area contributed by atoms with Gasteiger partial charge in [-0.05, 0) is 24.8 Å². The fourth-order valence-electron chi connectivity index (χ4n) is 3.64. The van der Waals surface area contributed by atoms with Crippen molar-refractivity contribution in [2.45, 2.75) is 90.2 Å². The second-order valence-corrected chi connectivity index (χ2v) is 9.14. The summed E-state index contributed by atoms with van der Waals surface area (Å²) in [7, 11) is 0. The molecule has 3 amide bonds. The van der Waals surface area contributed by atoms with Crippen LogP contribution in [0.3, 0.4) is 0 Å². The molecule has 9 heteroatoms. The fraction of sp³-hybridized carbons (Fsp3) is 0.586. The summed E-state index contributed by atoms with van der Waals surface area (Å²) < 4.78 is 10.2. The van der Waals surface area contributed by atoms with Crippen LogP contribution in [0.25, 0.3) is 0 Å². The zero-order valence-electron chi connectivity index (χ0n) is 22.8. The van der Waals surface area contributed by atoms with Gasteiger partial charge in [-0.25, -0.2) is 9.59 Å². The summed E-state index contributed by atoms with van der Waals surface area (Å²) in [4.78, 5) is 48.9. The number of nitrogens with one attached hydrogen (secondary N) is 3. The second-order valence-electron chi connectivity index (χ2n) is 9.14. The van der Waals surface area contributed by atoms with Gasteiger partial charge in [0.2, 0.25) is 11.8 Å². The van der Waals surface area contributed by atoms with Crippen LogP contribution in [-0.2, 0) is 30.5 Å². The first-order valence-corrected chi connectivity index (χ1v) is 13.7. The maximum Gasteiger partial charge on any atom is 0.407 e. The first-order valence-electron chi connectivity index (χ1n) is 13.7. The van der Waals surface area contributed by atoms with Crippen LogP contribution in [0.15, 0.2) is 43.0 Å². The summed E-state index contributed by atoms with van der Waals surface area (Å²) in [6, 6.07) is 8.39. The van der Waals surface area contributed by atoms with Gasteiger partial charge in [-0.2, -0.15) is 0 Å². The van der Waals surface area contributed by atoms with Gasteiger partial charge >= 0.3 is 12.1 Å². The minimum absolute atomic E-state index is 0.0532. The van der Waals surface area contributed by atoms with Crippen molar-refractivity contribution in [2.24, 2.45) is 0 Å². The molecule has 0 fully saturated rings. The maximum absolute atomic E-state index is 12.8. The molecular weight excluding hydrogens is 486 g/mol. The Bertz CT molecular complexity index is 831. The first kappa shape index (κ1) is 32.7. The van der Waals surface area contributed by atoms with Gasteiger partial charge in [0.05, 0.1) is 0 Å². The molecule has 1 aromatic carbocycles. The number of hydrogen-bond donors (Lipinski definition) is 3. The molecule has 0 aliphatic rings. The van der Waals surface area contributed by atoms with Gasteiger partial charge in [0.25, 0.3) is 0 Å². The van der Waals surface area contributed by atoms with Crippen LogP contribution < -0.4 is 16.0 Å². The van der Waals surface area contributed by atoms with E-state index < -0.39 is 18.1 Å². The zero-order chi connectivity index (χ0) is 27.8. The van der Waals surface area contributed by atoms with Gasteiger partial charge in [-0.3, -0.25) is 9.59 Å². The Kier molecular flexibility index (Phi) is 18.7. The van der Waals surface area contributed by atoms with Gasteiger partial charge in [0, 0.05) is 25.9 Å². The number of rotatable bonds is 21. The predicted molar refractivity (Wildman–Crippen MR) is 147 cm³/mol. The largest absolute Gasteiger partial charge is 0.459 e. The number of ether oxygens (including phenoxy) is 2. The fourth-order valence-corrected chi connectivity index (χ4v) is 3.64. The summed E-state index contributed by atoms with van der Waals surface area (Å²) in [5.41, 5.74) is 0.841. The van der Waals surface area contributed by atoms with Crippen LogP contribution in [-0.4, -0.2) is 49.6 Å². The molecule has 3 N–H and O–H groups in total. The van der Waals surface area contributed by atoms with E-state index in [0.29, 0.717) is 25.9 Å². The maximum atomic E-state index is 12.8. The highest BCUT2D eigenvalue weighted by Gasteiger charge is 2.23. The van der Waals surface area contributed by atoms with Gasteiger partial charge < -0.3 is 25.4 Å². The van der Waals surface area contributed by atoms with Crippen LogP contribution in [0.2, 0.25) is 0 Å². The lowest BCUT2D eigenvalue weighted by Gasteiger charge is -2.18. The number of carbonyl (C=O) groups excluding carboxylic acids is 4. The van der Waals surface area contributed by atoms with Crippen molar-refractivity contribution in [3.8, 4) is 0 Å². The molecule has 0 spiro atoms. The monoisotopic (exact) mass is 531 g/mol. The summed E-state index contributed by atoms with van der Waals surface area (Å²) in [5, 5.41) is 8.09. The molecule has 9 nitrogen and oxygen atoms in total. The molecule has 1 unspecified atom stereocenters. The van der Waals surface area contributed by atoms with Crippen LogP contribution in [0.1, 0.15) is 83.1 Å². The average Bonchev–Trinajstić information content (AvgIpc) is 2.92. The van der Waals surface area contributed by atoms with E-state index in [4.69, 9.17) is 9.47 Å². The normalized spacial score (nSPS) is 11.2. The van der Waals surface area contributed by atoms with E-state index in [0.717, 1.165) is 24.8 Å². The van der Waals surface area contributed by atoms with Crippen molar-refractivity contribution in [1.29, 1.82) is 0 Å². The highest BCUT2D eigenvalue weighted by atomic mass is 16.5. The van der Waals surface area contributed by atoms with E-state index in [-0.39, 0.29) is 37.9 Å². The number of alkyl carbamates (subject to hydrolysis) is 1.